The maximum Gasteiger partial charge on any atom is 0.475 e. The second-order valence-corrected chi connectivity index (χ2v) is 17.8. The number of halogens is 5. The third-order valence-corrected chi connectivity index (χ3v) is 9.90. The highest BCUT2D eigenvalue weighted by Gasteiger charge is 2.38. The monoisotopic (exact) mass is 807 g/mol. The lowest BCUT2D eigenvalue weighted by Crippen LogP contribution is -2.44. The maximum absolute atomic E-state index is 15.5. The first-order valence-corrected chi connectivity index (χ1v) is 19.1. The van der Waals surface area contributed by atoms with Gasteiger partial charge in [-0.25, -0.2) is 18.7 Å². The van der Waals surface area contributed by atoms with Crippen molar-refractivity contribution in [1.82, 2.24) is 24.9 Å². The van der Waals surface area contributed by atoms with E-state index in [1.807, 2.05) is 0 Å². The van der Waals surface area contributed by atoms with E-state index in [2.05, 4.69) is 20.5 Å². The van der Waals surface area contributed by atoms with Crippen LogP contribution in [-0.2, 0) is 35.5 Å². The van der Waals surface area contributed by atoms with Crippen LogP contribution in [0.25, 0.3) is 26.9 Å². The number of imidazole rings is 1. The second kappa shape index (κ2) is 15.8. The van der Waals surface area contributed by atoms with Crippen LogP contribution >= 0.6 is 30.8 Å². The standard InChI is InChI=1S/C34H43ClF4N5O7PS/c1-11-19-12-20(34(37,38)39)15-44-16-25(41-27(19)44)29-43-42-28(53-29)22-13-24(36)26(14-23(22)35)47-17-21(40-30(45)49-31(2,3)4)18-48-52(46,50-32(5,6)7)51-33(8,9)10/h12-16,21H,11,17-18H2,1-10H3,(H,40,45). The quantitative estimate of drug-likeness (QED) is 0.109. The largest absolute Gasteiger partial charge is 0.488 e. The molecule has 1 atom stereocenters. The van der Waals surface area contributed by atoms with Crippen LogP contribution in [0.3, 0.4) is 0 Å². The number of aryl methyl sites for hydroxylation is 1. The molecule has 12 nitrogen and oxygen atoms in total. The summed E-state index contributed by atoms with van der Waals surface area (Å²) in [6.07, 6.45) is -2.68. The van der Waals surface area contributed by atoms with Crippen molar-refractivity contribution in [3.05, 3.63) is 52.6 Å². The highest BCUT2D eigenvalue weighted by molar-refractivity contribution is 7.48. The Hall–Kier alpha value is -3.34. The van der Waals surface area contributed by atoms with Crippen molar-refractivity contribution in [2.45, 2.75) is 105 Å². The summed E-state index contributed by atoms with van der Waals surface area (Å²) in [7, 11) is -4.20. The van der Waals surface area contributed by atoms with Crippen molar-refractivity contribution in [3.8, 4) is 27.0 Å². The summed E-state index contributed by atoms with van der Waals surface area (Å²) < 4.78 is 98.9. The number of hydrogen-bond acceptors (Lipinski definition) is 11. The number of amides is 1. The van der Waals surface area contributed by atoms with Crippen LogP contribution in [0.4, 0.5) is 22.4 Å². The molecule has 0 aliphatic rings. The Morgan fingerprint density at radius 2 is 1.57 bits per heavy atom. The van der Waals surface area contributed by atoms with Crippen molar-refractivity contribution < 1.29 is 50.0 Å². The smallest absolute Gasteiger partial charge is 0.475 e. The van der Waals surface area contributed by atoms with Gasteiger partial charge in [0.15, 0.2) is 16.6 Å². The number of benzene rings is 1. The van der Waals surface area contributed by atoms with Crippen molar-refractivity contribution >= 4 is 42.5 Å². The van der Waals surface area contributed by atoms with Crippen LogP contribution in [0.1, 0.15) is 80.4 Å². The van der Waals surface area contributed by atoms with Gasteiger partial charge in [-0.15, -0.1) is 10.2 Å². The Kier molecular flexibility index (Phi) is 12.6. The van der Waals surface area contributed by atoms with Crippen LogP contribution in [0.5, 0.6) is 5.75 Å². The van der Waals surface area contributed by atoms with Gasteiger partial charge in [-0.3, -0.25) is 13.6 Å². The van der Waals surface area contributed by atoms with E-state index in [1.54, 1.807) is 69.2 Å². The molecule has 0 fully saturated rings. The Morgan fingerprint density at radius 3 is 2.13 bits per heavy atom. The fourth-order valence-electron chi connectivity index (χ4n) is 4.65. The molecule has 4 rings (SSSR count). The number of aromatic nitrogens is 4. The molecular formula is C34H43ClF4N5O7PS. The Labute approximate surface area is 314 Å². The van der Waals surface area contributed by atoms with Crippen LogP contribution in [0.15, 0.2) is 30.6 Å². The molecule has 0 radical (unpaired) electrons. The summed E-state index contributed by atoms with van der Waals surface area (Å²) in [4.78, 5) is 17.2. The number of hydrogen-bond donors (Lipinski definition) is 1. The van der Waals surface area contributed by atoms with Gasteiger partial charge in [-0.1, -0.05) is 29.9 Å². The maximum atomic E-state index is 15.5. The number of carbonyl (C=O) groups excluding carboxylic acids is 1. The number of phosphoric ester groups is 1. The lowest BCUT2D eigenvalue weighted by atomic mass is 10.1. The van der Waals surface area contributed by atoms with Crippen LogP contribution < -0.4 is 10.1 Å². The van der Waals surface area contributed by atoms with Gasteiger partial charge >= 0.3 is 20.1 Å². The first kappa shape index (κ1) is 42.4. The molecule has 0 aliphatic heterocycles. The lowest BCUT2D eigenvalue weighted by Gasteiger charge is -2.32. The van der Waals surface area contributed by atoms with Crippen LogP contribution in [0, 0.1) is 5.82 Å². The summed E-state index contributed by atoms with van der Waals surface area (Å²) in [5.41, 5.74) is -2.32. The Balaban J connectivity index is 1.56. The number of alkyl carbamates (subject to hydrolysis) is 1. The molecule has 1 N–H and O–H groups in total. The molecule has 19 heteroatoms. The van der Waals surface area contributed by atoms with E-state index in [4.69, 9.17) is 34.6 Å². The lowest BCUT2D eigenvalue weighted by molar-refractivity contribution is -0.137. The van der Waals surface area contributed by atoms with Crippen LogP contribution in [0.2, 0.25) is 5.02 Å². The van der Waals surface area contributed by atoms with Crippen molar-refractivity contribution in [1.29, 1.82) is 0 Å². The molecule has 292 valence electrons. The van der Waals surface area contributed by atoms with Gasteiger partial charge in [0.2, 0.25) is 0 Å². The normalized spacial score (nSPS) is 13.7. The van der Waals surface area contributed by atoms with Gasteiger partial charge in [-0.2, -0.15) is 13.2 Å². The van der Waals surface area contributed by atoms with E-state index in [0.717, 1.165) is 29.7 Å². The second-order valence-electron chi connectivity index (χ2n) is 14.9. The van der Waals surface area contributed by atoms with E-state index in [9.17, 15) is 22.5 Å². The molecule has 0 aliphatic carbocycles. The average molecular weight is 808 g/mol. The molecule has 0 saturated heterocycles. The minimum atomic E-state index is -4.54. The first-order valence-electron chi connectivity index (χ1n) is 16.4. The van der Waals surface area contributed by atoms with Gasteiger partial charge in [0.25, 0.3) is 0 Å². The highest BCUT2D eigenvalue weighted by Crippen LogP contribution is 2.55. The number of rotatable bonds is 12. The third kappa shape index (κ3) is 12.1. The van der Waals surface area contributed by atoms with E-state index in [-0.39, 0.29) is 38.7 Å². The summed E-state index contributed by atoms with van der Waals surface area (Å²) in [5, 5.41) is 11.3. The van der Waals surface area contributed by atoms with Gasteiger partial charge in [0.1, 0.15) is 28.6 Å². The highest BCUT2D eigenvalue weighted by atomic mass is 35.5. The average Bonchev–Trinajstić information content (AvgIpc) is 3.63. The van der Waals surface area contributed by atoms with E-state index in [0.29, 0.717) is 17.6 Å². The zero-order chi connectivity index (χ0) is 39.7. The van der Waals surface area contributed by atoms with E-state index >= 15 is 4.39 Å². The molecule has 1 aromatic carbocycles. The van der Waals surface area contributed by atoms with Gasteiger partial charge in [-0.05, 0) is 86.4 Å². The van der Waals surface area contributed by atoms with Crippen molar-refractivity contribution in [2.24, 2.45) is 0 Å². The summed E-state index contributed by atoms with van der Waals surface area (Å²) in [6.45, 7) is 15.9. The molecule has 1 unspecified atom stereocenters. The number of carbonyl (C=O) groups is 1. The summed E-state index contributed by atoms with van der Waals surface area (Å²) in [6, 6.07) is 2.33. The fourth-order valence-corrected chi connectivity index (χ4v) is 7.62. The summed E-state index contributed by atoms with van der Waals surface area (Å²) >= 11 is 7.56. The van der Waals surface area contributed by atoms with E-state index in [1.165, 1.54) is 16.7 Å². The topological polar surface area (TPSA) is 135 Å². The van der Waals surface area contributed by atoms with Crippen molar-refractivity contribution in [2.75, 3.05) is 13.2 Å². The number of nitrogens with one attached hydrogen (secondary N) is 1. The number of nitrogens with zero attached hydrogens (tertiary/aromatic N) is 4. The molecule has 53 heavy (non-hydrogen) atoms. The molecule has 3 heterocycles. The third-order valence-electron chi connectivity index (χ3n) is 6.60. The number of fused-ring (bicyclic) bond motifs is 1. The Bertz CT molecular complexity index is 1970. The SMILES string of the molecule is CCc1cc(C(F)(F)F)cn2cc(-c3nnc(-c4cc(F)c(OCC(COP(=O)(OC(C)(C)C)OC(C)(C)C)NC(=O)OC(C)(C)C)cc4Cl)s3)nc12. The minimum absolute atomic E-state index is 0.0387. The number of pyridine rings is 1. The van der Waals surface area contributed by atoms with Gasteiger partial charge < -0.3 is 19.2 Å². The molecular weight excluding hydrogens is 765 g/mol. The summed E-state index contributed by atoms with van der Waals surface area (Å²) in [5.74, 6) is -1.12. The Morgan fingerprint density at radius 1 is 0.943 bits per heavy atom. The molecule has 1 amide bonds. The predicted molar refractivity (Wildman–Crippen MR) is 193 cm³/mol. The molecule has 3 aromatic heterocycles. The van der Waals surface area contributed by atoms with E-state index < -0.39 is 60.9 Å². The van der Waals surface area contributed by atoms with Crippen molar-refractivity contribution in [3.63, 3.8) is 0 Å². The number of phosphoric acid groups is 1. The number of alkyl halides is 3. The van der Waals surface area contributed by atoms with Crippen LogP contribution in [-0.4, -0.2) is 61.7 Å². The van der Waals surface area contributed by atoms with Gasteiger partial charge in [0, 0.05) is 24.0 Å². The molecule has 0 bridgehead atoms. The number of ether oxygens (including phenoxy) is 2. The minimum Gasteiger partial charge on any atom is -0.488 e. The van der Waals surface area contributed by atoms with Gasteiger partial charge in [0.05, 0.1) is 34.4 Å². The predicted octanol–water partition coefficient (Wildman–Crippen LogP) is 9.92. The zero-order valence-electron chi connectivity index (χ0n) is 31.0. The first-order chi connectivity index (χ1) is 24.2. The molecule has 0 saturated carbocycles. The molecule has 4 aromatic rings. The fraction of sp³-hybridized carbons (Fsp3) is 0.529. The molecule has 0 spiro atoms. The zero-order valence-corrected chi connectivity index (χ0v) is 33.4.